The average Bonchev–Trinajstić information content (AvgIpc) is 2.77. The van der Waals surface area contributed by atoms with Crippen molar-refractivity contribution in [2.45, 2.75) is 6.54 Å². The summed E-state index contributed by atoms with van der Waals surface area (Å²) in [5.41, 5.74) is 0. The molecule has 1 aliphatic heterocycles. The molecular formula is C8H9BrN4O3. The zero-order valence-corrected chi connectivity index (χ0v) is 9.81. The predicted molar refractivity (Wildman–Crippen MR) is 57.7 cm³/mol. The average molecular weight is 289 g/mol. The van der Waals surface area contributed by atoms with Crippen LogP contribution in [-0.2, 0) is 6.54 Å². The molecule has 0 atom stereocenters. The minimum absolute atomic E-state index is 0.464. The summed E-state index contributed by atoms with van der Waals surface area (Å²) >= 11 is 3.18. The number of aromatic nitrogens is 1. The number of nitrogens with zero attached hydrogens (tertiary/aromatic N) is 3. The molecule has 1 aromatic heterocycles. The van der Waals surface area contributed by atoms with E-state index in [0.717, 1.165) is 6.20 Å². The third-order valence-corrected chi connectivity index (χ3v) is 2.51. The number of nitrogens with one attached hydrogen (secondary N) is 1. The van der Waals surface area contributed by atoms with Crippen LogP contribution in [-0.4, -0.2) is 28.1 Å². The smallest absolute Gasteiger partial charge is 0.274 e. The van der Waals surface area contributed by atoms with Crippen LogP contribution in [0.3, 0.4) is 0 Å². The molecule has 0 saturated carbocycles. The summed E-state index contributed by atoms with van der Waals surface area (Å²) in [4.78, 5) is 11.7. The number of rotatable bonds is 3. The van der Waals surface area contributed by atoms with Gasteiger partial charge in [-0.1, -0.05) is 5.16 Å². The second kappa shape index (κ2) is 4.52. The van der Waals surface area contributed by atoms with Crippen LogP contribution in [0.2, 0.25) is 0 Å². The highest BCUT2D eigenvalue weighted by Crippen LogP contribution is 2.16. The Morgan fingerprint density at radius 2 is 2.62 bits per heavy atom. The fraction of sp³-hybridized carbons (Fsp3) is 0.375. The second-order valence-corrected chi connectivity index (χ2v) is 4.08. The van der Waals surface area contributed by atoms with Gasteiger partial charge in [0.15, 0.2) is 11.6 Å². The SMILES string of the molecule is O=[N+]([O-])/C=C1\NCCN1Cc1cc(Br)no1. The summed E-state index contributed by atoms with van der Waals surface area (Å²) in [5, 5.41) is 17.0. The first-order chi connectivity index (χ1) is 7.65. The van der Waals surface area contributed by atoms with Crippen LogP contribution in [0.25, 0.3) is 0 Å². The summed E-state index contributed by atoms with van der Waals surface area (Å²) in [6.45, 7) is 1.86. The van der Waals surface area contributed by atoms with Gasteiger partial charge in [0, 0.05) is 19.2 Å². The molecule has 2 rings (SSSR count). The first-order valence-electron chi connectivity index (χ1n) is 4.60. The Morgan fingerprint density at radius 3 is 3.25 bits per heavy atom. The molecule has 0 bridgehead atoms. The van der Waals surface area contributed by atoms with Crippen LogP contribution in [0.4, 0.5) is 0 Å². The van der Waals surface area contributed by atoms with Crippen molar-refractivity contribution in [2.75, 3.05) is 13.1 Å². The van der Waals surface area contributed by atoms with Crippen molar-refractivity contribution in [1.82, 2.24) is 15.4 Å². The minimum atomic E-state index is -0.475. The van der Waals surface area contributed by atoms with E-state index in [9.17, 15) is 10.1 Å². The molecule has 1 aromatic rings. The van der Waals surface area contributed by atoms with E-state index in [4.69, 9.17) is 4.52 Å². The predicted octanol–water partition coefficient (Wildman–Crippen LogP) is 0.918. The van der Waals surface area contributed by atoms with Gasteiger partial charge in [-0.25, -0.2) is 0 Å². The zero-order valence-electron chi connectivity index (χ0n) is 8.22. The van der Waals surface area contributed by atoms with E-state index >= 15 is 0 Å². The molecule has 0 unspecified atom stereocenters. The molecule has 0 radical (unpaired) electrons. The summed E-state index contributed by atoms with van der Waals surface area (Å²) in [6, 6.07) is 1.74. The van der Waals surface area contributed by atoms with Crippen LogP contribution >= 0.6 is 15.9 Å². The molecule has 16 heavy (non-hydrogen) atoms. The summed E-state index contributed by atoms with van der Waals surface area (Å²) in [7, 11) is 0. The Kier molecular flexibility index (Phi) is 3.09. The number of hydrogen-bond acceptors (Lipinski definition) is 6. The molecule has 0 amide bonds. The summed E-state index contributed by atoms with van der Waals surface area (Å²) in [6.07, 6.45) is 0.957. The van der Waals surface area contributed by atoms with Crippen molar-refractivity contribution in [2.24, 2.45) is 0 Å². The minimum Gasteiger partial charge on any atom is -0.365 e. The molecule has 2 heterocycles. The lowest BCUT2D eigenvalue weighted by atomic mass is 10.4. The molecule has 1 fully saturated rings. The second-order valence-electron chi connectivity index (χ2n) is 3.26. The lowest BCUT2D eigenvalue weighted by molar-refractivity contribution is -0.404. The molecule has 0 aromatic carbocycles. The van der Waals surface area contributed by atoms with Gasteiger partial charge in [-0.15, -0.1) is 0 Å². The first-order valence-corrected chi connectivity index (χ1v) is 5.39. The number of nitro groups is 1. The van der Waals surface area contributed by atoms with Gasteiger partial charge >= 0.3 is 0 Å². The third kappa shape index (κ3) is 2.51. The number of hydrogen-bond donors (Lipinski definition) is 1. The van der Waals surface area contributed by atoms with Crippen LogP contribution in [0.1, 0.15) is 5.76 Å². The Hall–Kier alpha value is -1.57. The Bertz CT molecular complexity index is 431. The summed E-state index contributed by atoms with van der Waals surface area (Å²) in [5.74, 6) is 1.15. The molecule has 1 saturated heterocycles. The van der Waals surface area contributed by atoms with Crippen LogP contribution in [0.5, 0.6) is 0 Å². The summed E-state index contributed by atoms with van der Waals surface area (Å²) < 4.78 is 5.64. The standard InChI is InChI=1S/C8H9BrN4O3/c9-7-3-6(16-11-7)4-12-2-1-10-8(12)5-13(14)15/h3,5,10H,1-2,4H2/b8-5+. The van der Waals surface area contributed by atoms with Gasteiger partial charge in [0.2, 0.25) is 0 Å². The maximum absolute atomic E-state index is 10.4. The lowest BCUT2D eigenvalue weighted by Gasteiger charge is -2.14. The van der Waals surface area contributed by atoms with E-state index < -0.39 is 4.92 Å². The van der Waals surface area contributed by atoms with Gasteiger partial charge in [0.1, 0.15) is 4.60 Å². The maximum Gasteiger partial charge on any atom is 0.274 e. The van der Waals surface area contributed by atoms with Crippen molar-refractivity contribution in [1.29, 1.82) is 0 Å². The molecule has 0 spiro atoms. The van der Waals surface area contributed by atoms with Crippen molar-refractivity contribution >= 4 is 15.9 Å². The topological polar surface area (TPSA) is 84.4 Å². The van der Waals surface area contributed by atoms with E-state index in [2.05, 4.69) is 26.4 Å². The fourth-order valence-corrected chi connectivity index (χ4v) is 1.82. The van der Waals surface area contributed by atoms with Crippen molar-refractivity contribution in [3.63, 3.8) is 0 Å². The molecule has 0 aliphatic carbocycles. The van der Waals surface area contributed by atoms with E-state index in [1.54, 1.807) is 6.07 Å². The van der Waals surface area contributed by atoms with E-state index in [0.29, 0.717) is 35.8 Å². The van der Waals surface area contributed by atoms with Crippen LogP contribution < -0.4 is 5.32 Å². The monoisotopic (exact) mass is 288 g/mol. The normalized spacial score (nSPS) is 17.8. The van der Waals surface area contributed by atoms with Crippen molar-refractivity contribution in [3.8, 4) is 0 Å². The van der Waals surface area contributed by atoms with E-state index in [1.165, 1.54) is 0 Å². The Morgan fingerprint density at radius 1 is 1.81 bits per heavy atom. The van der Waals surface area contributed by atoms with Gasteiger partial charge in [0.05, 0.1) is 11.5 Å². The molecular weight excluding hydrogens is 280 g/mol. The maximum atomic E-state index is 10.4. The molecule has 86 valence electrons. The third-order valence-electron chi connectivity index (χ3n) is 2.13. The Balaban J connectivity index is 2.06. The van der Waals surface area contributed by atoms with Crippen molar-refractivity contribution < 1.29 is 9.45 Å². The van der Waals surface area contributed by atoms with Gasteiger partial charge in [-0.3, -0.25) is 10.1 Å². The largest absolute Gasteiger partial charge is 0.365 e. The molecule has 8 heteroatoms. The van der Waals surface area contributed by atoms with Crippen molar-refractivity contribution in [3.05, 3.63) is 38.6 Å². The van der Waals surface area contributed by atoms with Gasteiger partial charge < -0.3 is 14.7 Å². The quantitative estimate of drug-likeness (QED) is 0.658. The molecule has 1 aliphatic rings. The zero-order chi connectivity index (χ0) is 11.5. The number of halogens is 1. The highest BCUT2D eigenvalue weighted by molar-refractivity contribution is 9.10. The van der Waals surface area contributed by atoms with Gasteiger partial charge in [-0.05, 0) is 15.9 Å². The van der Waals surface area contributed by atoms with Crippen LogP contribution in [0.15, 0.2) is 27.2 Å². The highest BCUT2D eigenvalue weighted by atomic mass is 79.9. The van der Waals surface area contributed by atoms with Gasteiger partial charge in [-0.2, -0.15) is 0 Å². The van der Waals surface area contributed by atoms with E-state index in [-0.39, 0.29) is 0 Å². The fourth-order valence-electron chi connectivity index (χ4n) is 1.49. The molecule has 7 nitrogen and oxygen atoms in total. The lowest BCUT2D eigenvalue weighted by Crippen LogP contribution is -2.20. The van der Waals surface area contributed by atoms with E-state index in [1.807, 2.05) is 4.90 Å². The highest BCUT2D eigenvalue weighted by Gasteiger charge is 2.20. The molecule has 1 N–H and O–H groups in total. The first kappa shape index (κ1) is 10.9. The Labute approximate surface area is 99.4 Å². The van der Waals surface area contributed by atoms with Crippen LogP contribution in [0, 0.1) is 10.1 Å². The van der Waals surface area contributed by atoms with Gasteiger partial charge in [0.25, 0.3) is 6.20 Å².